The quantitative estimate of drug-likeness (QED) is 0.910. The number of nitrogens with one attached hydrogen (secondary N) is 1. The normalized spacial score (nSPS) is 27.1. The summed E-state index contributed by atoms with van der Waals surface area (Å²) in [7, 11) is 0. The molecule has 18 heavy (non-hydrogen) atoms. The molecule has 1 N–H and O–H groups in total. The fourth-order valence-corrected chi connectivity index (χ4v) is 2.64. The van der Waals surface area contributed by atoms with Crippen molar-refractivity contribution in [3.8, 4) is 0 Å². The number of nitrogens with zero attached hydrogens (tertiary/aromatic N) is 1. The maximum atomic E-state index is 5.93. The summed E-state index contributed by atoms with van der Waals surface area (Å²) < 4.78 is 5.93. The predicted molar refractivity (Wildman–Crippen MR) is 73.4 cm³/mol. The Morgan fingerprint density at radius 1 is 1.33 bits per heavy atom. The summed E-state index contributed by atoms with van der Waals surface area (Å²) in [6, 6.07) is 8.30. The van der Waals surface area contributed by atoms with E-state index in [-0.39, 0.29) is 6.10 Å². The van der Waals surface area contributed by atoms with E-state index in [4.69, 9.17) is 16.3 Å². The third-order valence-electron chi connectivity index (χ3n) is 3.47. The van der Waals surface area contributed by atoms with E-state index in [1.165, 1.54) is 12.0 Å². The van der Waals surface area contributed by atoms with E-state index in [1.807, 2.05) is 12.1 Å². The zero-order valence-corrected chi connectivity index (χ0v) is 11.0. The molecule has 0 amide bonds. The van der Waals surface area contributed by atoms with Crippen molar-refractivity contribution in [2.24, 2.45) is 4.99 Å². The fourth-order valence-electron chi connectivity index (χ4n) is 2.51. The van der Waals surface area contributed by atoms with Crippen LogP contribution < -0.4 is 5.32 Å². The number of halogens is 1. The van der Waals surface area contributed by atoms with E-state index in [0.29, 0.717) is 6.04 Å². The summed E-state index contributed by atoms with van der Waals surface area (Å²) in [6.07, 6.45) is 3.45. The second-order valence-electron chi connectivity index (χ2n) is 4.90. The zero-order chi connectivity index (χ0) is 12.4. The standard InChI is InChI=1S/C14H17ClN2O/c15-11-5-3-10(4-6-11)8-12-9-17-14(18-12)13-2-1-7-16-13/h3-6,12-13,16H,1-2,7-9H2. The first-order chi connectivity index (χ1) is 8.81. The molecule has 1 aromatic rings. The zero-order valence-electron chi connectivity index (χ0n) is 10.2. The fraction of sp³-hybridized carbons (Fsp3) is 0.500. The van der Waals surface area contributed by atoms with Crippen LogP contribution in [0.5, 0.6) is 0 Å². The highest BCUT2D eigenvalue weighted by atomic mass is 35.5. The van der Waals surface area contributed by atoms with Crippen LogP contribution in [-0.4, -0.2) is 31.1 Å². The molecular weight excluding hydrogens is 248 g/mol. The van der Waals surface area contributed by atoms with Gasteiger partial charge in [0.05, 0.1) is 12.6 Å². The molecule has 0 bridgehead atoms. The third kappa shape index (κ3) is 2.68. The first kappa shape index (κ1) is 12.0. The van der Waals surface area contributed by atoms with Gasteiger partial charge in [-0.2, -0.15) is 0 Å². The largest absolute Gasteiger partial charge is 0.474 e. The number of hydrogen-bond donors (Lipinski definition) is 1. The molecule has 2 aliphatic heterocycles. The Balaban J connectivity index is 1.55. The highest BCUT2D eigenvalue weighted by Crippen LogP contribution is 2.18. The second kappa shape index (κ2) is 5.29. The van der Waals surface area contributed by atoms with E-state index in [1.54, 1.807) is 0 Å². The lowest BCUT2D eigenvalue weighted by molar-refractivity contribution is 0.214. The van der Waals surface area contributed by atoms with Gasteiger partial charge in [0.15, 0.2) is 0 Å². The number of ether oxygens (including phenoxy) is 1. The Kier molecular flexibility index (Phi) is 3.52. The van der Waals surface area contributed by atoms with E-state index >= 15 is 0 Å². The van der Waals surface area contributed by atoms with E-state index in [9.17, 15) is 0 Å². The van der Waals surface area contributed by atoms with Gasteiger partial charge >= 0.3 is 0 Å². The summed E-state index contributed by atoms with van der Waals surface area (Å²) in [5.41, 5.74) is 1.25. The van der Waals surface area contributed by atoms with Crippen LogP contribution in [0, 0.1) is 0 Å². The molecule has 2 atom stereocenters. The molecule has 2 unspecified atom stereocenters. The van der Waals surface area contributed by atoms with Gasteiger partial charge in [-0.05, 0) is 37.1 Å². The lowest BCUT2D eigenvalue weighted by Crippen LogP contribution is -2.32. The van der Waals surface area contributed by atoms with Crippen molar-refractivity contribution in [3.05, 3.63) is 34.9 Å². The summed E-state index contributed by atoms with van der Waals surface area (Å²) in [5, 5.41) is 4.19. The van der Waals surface area contributed by atoms with Gasteiger partial charge in [0.2, 0.25) is 5.90 Å². The molecule has 96 valence electrons. The van der Waals surface area contributed by atoms with Crippen LogP contribution in [0.15, 0.2) is 29.3 Å². The first-order valence-electron chi connectivity index (χ1n) is 6.50. The van der Waals surface area contributed by atoms with Crippen LogP contribution >= 0.6 is 11.6 Å². The minimum absolute atomic E-state index is 0.184. The van der Waals surface area contributed by atoms with E-state index in [2.05, 4.69) is 22.4 Å². The van der Waals surface area contributed by atoms with Gasteiger partial charge in [0.25, 0.3) is 0 Å². The van der Waals surface area contributed by atoms with Crippen LogP contribution in [-0.2, 0) is 11.2 Å². The lowest BCUT2D eigenvalue weighted by atomic mass is 10.1. The van der Waals surface area contributed by atoms with Crippen molar-refractivity contribution in [2.45, 2.75) is 31.4 Å². The molecular formula is C14H17ClN2O. The van der Waals surface area contributed by atoms with Gasteiger partial charge in [0, 0.05) is 11.4 Å². The van der Waals surface area contributed by atoms with Crippen molar-refractivity contribution in [2.75, 3.05) is 13.1 Å². The molecule has 0 aromatic heterocycles. The number of hydrogen-bond acceptors (Lipinski definition) is 3. The van der Waals surface area contributed by atoms with Gasteiger partial charge in [0.1, 0.15) is 6.10 Å². The Morgan fingerprint density at radius 2 is 2.17 bits per heavy atom. The minimum Gasteiger partial charge on any atom is -0.474 e. The summed E-state index contributed by atoms with van der Waals surface area (Å²) >= 11 is 5.88. The Hall–Kier alpha value is -1.06. The van der Waals surface area contributed by atoms with Crippen molar-refractivity contribution < 1.29 is 4.74 Å². The summed E-state index contributed by atoms with van der Waals surface area (Å²) in [6.45, 7) is 1.85. The molecule has 0 radical (unpaired) electrons. The molecule has 0 aliphatic carbocycles. The minimum atomic E-state index is 0.184. The maximum Gasteiger partial charge on any atom is 0.201 e. The van der Waals surface area contributed by atoms with Crippen LogP contribution in [0.3, 0.4) is 0 Å². The smallest absolute Gasteiger partial charge is 0.201 e. The molecule has 3 nitrogen and oxygen atoms in total. The lowest BCUT2D eigenvalue weighted by Gasteiger charge is -2.14. The Morgan fingerprint density at radius 3 is 2.89 bits per heavy atom. The SMILES string of the molecule is Clc1ccc(CC2CN=C(C3CCCN3)O2)cc1. The average Bonchev–Trinajstić information content (AvgIpc) is 3.02. The number of benzene rings is 1. The predicted octanol–water partition coefficient (Wildman–Crippen LogP) is 2.43. The Bertz CT molecular complexity index is 438. The van der Waals surface area contributed by atoms with Gasteiger partial charge in [-0.25, -0.2) is 0 Å². The van der Waals surface area contributed by atoms with Gasteiger partial charge in [-0.1, -0.05) is 23.7 Å². The maximum absolute atomic E-state index is 5.93. The van der Waals surface area contributed by atoms with Crippen molar-refractivity contribution >= 4 is 17.5 Å². The topological polar surface area (TPSA) is 33.6 Å². The highest BCUT2D eigenvalue weighted by molar-refractivity contribution is 6.30. The van der Waals surface area contributed by atoms with Crippen LogP contribution in [0.4, 0.5) is 0 Å². The Labute approximate surface area is 112 Å². The summed E-state index contributed by atoms with van der Waals surface area (Å²) in [5.74, 6) is 0.909. The average molecular weight is 265 g/mol. The molecule has 3 rings (SSSR count). The highest BCUT2D eigenvalue weighted by Gasteiger charge is 2.28. The molecule has 1 saturated heterocycles. The molecule has 4 heteroatoms. The number of aliphatic imine (C=N–C) groups is 1. The van der Waals surface area contributed by atoms with Crippen LogP contribution in [0.1, 0.15) is 18.4 Å². The number of rotatable bonds is 3. The van der Waals surface area contributed by atoms with E-state index in [0.717, 1.165) is 36.9 Å². The molecule has 1 fully saturated rings. The first-order valence-corrected chi connectivity index (χ1v) is 6.88. The van der Waals surface area contributed by atoms with Gasteiger partial charge in [-0.3, -0.25) is 4.99 Å². The molecule has 2 aliphatic rings. The van der Waals surface area contributed by atoms with Crippen LogP contribution in [0.25, 0.3) is 0 Å². The van der Waals surface area contributed by atoms with Crippen molar-refractivity contribution in [1.29, 1.82) is 0 Å². The molecule has 0 saturated carbocycles. The molecule has 0 spiro atoms. The van der Waals surface area contributed by atoms with Gasteiger partial charge in [-0.15, -0.1) is 0 Å². The van der Waals surface area contributed by atoms with Crippen molar-refractivity contribution in [1.82, 2.24) is 5.32 Å². The van der Waals surface area contributed by atoms with Crippen molar-refractivity contribution in [3.63, 3.8) is 0 Å². The monoisotopic (exact) mass is 264 g/mol. The van der Waals surface area contributed by atoms with Gasteiger partial charge < -0.3 is 10.1 Å². The molecule has 2 heterocycles. The summed E-state index contributed by atoms with van der Waals surface area (Å²) in [4.78, 5) is 4.52. The van der Waals surface area contributed by atoms with E-state index < -0.39 is 0 Å². The third-order valence-corrected chi connectivity index (χ3v) is 3.73. The molecule has 1 aromatic carbocycles. The van der Waals surface area contributed by atoms with Crippen LogP contribution in [0.2, 0.25) is 5.02 Å². The second-order valence-corrected chi connectivity index (χ2v) is 5.33.